The molecule has 3 heteroatoms. The molecular formula is C15H30N2O. The summed E-state index contributed by atoms with van der Waals surface area (Å²) in [7, 11) is 0. The molecule has 0 bridgehead atoms. The van der Waals surface area contributed by atoms with Gasteiger partial charge in [-0.05, 0) is 44.4 Å². The molecule has 106 valence electrons. The van der Waals surface area contributed by atoms with Crippen molar-refractivity contribution in [3.8, 4) is 0 Å². The highest BCUT2D eigenvalue weighted by Crippen LogP contribution is 2.25. The maximum Gasteiger partial charge on any atom is 0.242 e. The Morgan fingerprint density at radius 1 is 1.39 bits per heavy atom. The van der Waals surface area contributed by atoms with E-state index in [9.17, 15) is 4.79 Å². The Bertz CT molecular complexity index is 274. The van der Waals surface area contributed by atoms with Crippen LogP contribution in [0.15, 0.2) is 0 Å². The number of amides is 1. The predicted octanol–water partition coefficient (Wildman–Crippen LogP) is 2.79. The maximum absolute atomic E-state index is 12.4. The average molecular weight is 254 g/mol. The van der Waals surface area contributed by atoms with Crippen molar-refractivity contribution in [3.63, 3.8) is 0 Å². The minimum Gasteiger partial charge on any atom is -0.341 e. The molecule has 1 aliphatic rings. The molecule has 0 spiro atoms. The molecule has 0 radical (unpaired) electrons. The van der Waals surface area contributed by atoms with Crippen LogP contribution in [0.3, 0.4) is 0 Å². The molecule has 0 saturated carbocycles. The predicted molar refractivity (Wildman–Crippen MR) is 76.3 cm³/mol. The highest BCUT2D eigenvalue weighted by atomic mass is 16.2. The third-order valence-electron chi connectivity index (χ3n) is 4.26. The molecule has 0 aromatic carbocycles. The quantitative estimate of drug-likeness (QED) is 0.838. The molecule has 0 aliphatic carbocycles. The monoisotopic (exact) mass is 254 g/mol. The van der Waals surface area contributed by atoms with E-state index in [4.69, 9.17) is 5.73 Å². The summed E-state index contributed by atoms with van der Waals surface area (Å²) in [5.74, 6) is 1.63. The second kappa shape index (κ2) is 6.55. The van der Waals surface area contributed by atoms with Crippen molar-refractivity contribution >= 4 is 5.91 Å². The summed E-state index contributed by atoms with van der Waals surface area (Å²) in [6.07, 6.45) is 5.23. The van der Waals surface area contributed by atoms with Gasteiger partial charge in [-0.25, -0.2) is 0 Å². The lowest BCUT2D eigenvalue weighted by Crippen LogP contribution is -2.53. The highest BCUT2D eigenvalue weighted by molar-refractivity contribution is 5.85. The number of hydrogen-bond acceptors (Lipinski definition) is 2. The summed E-state index contributed by atoms with van der Waals surface area (Å²) < 4.78 is 0. The normalized spacial score (nSPS) is 24.8. The summed E-state index contributed by atoms with van der Waals surface area (Å²) >= 11 is 0. The van der Waals surface area contributed by atoms with Gasteiger partial charge in [0.25, 0.3) is 0 Å². The molecule has 2 N–H and O–H groups in total. The van der Waals surface area contributed by atoms with E-state index in [1.54, 1.807) is 0 Å². The minimum absolute atomic E-state index is 0.147. The molecule has 2 unspecified atom stereocenters. The van der Waals surface area contributed by atoms with E-state index < -0.39 is 5.54 Å². The van der Waals surface area contributed by atoms with Gasteiger partial charge in [0, 0.05) is 13.1 Å². The Morgan fingerprint density at radius 2 is 2.06 bits per heavy atom. The van der Waals surface area contributed by atoms with Gasteiger partial charge in [0.1, 0.15) is 0 Å². The minimum atomic E-state index is -0.674. The first-order valence-corrected chi connectivity index (χ1v) is 7.46. The van der Waals surface area contributed by atoms with Crippen LogP contribution in [-0.4, -0.2) is 29.4 Å². The van der Waals surface area contributed by atoms with Gasteiger partial charge in [0.2, 0.25) is 5.91 Å². The van der Waals surface area contributed by atoms with E-state index in [1.165, 1.54) is 6.42 Å². The van der Waals surface area contributed by atoms with E-state index in [-0.39, 0.29) is 5.91 Å². The van der Waals surface area contributed by atoms with Crippen molar-refractivity contribution in [1.82, 2.24) is 4.90 Å². The van der Waals surface area contributed by atoms with Gasteiger partial charge in [-0.2, -0.15) is 0 Å². The first kappa shape index (κ1) is 15.5. The van der Waals surface area contributed by atoms with E-state index >= 15 is 0 Å². The van der Waals surface area contributed by atoms with Crippen molar-refractivity contribution in [2.24, 2.45) is 17.6 Å². The topological polar surface area (TPSA) is 46.3 Å². The fourth-order valence-corrected chi connectivity index (χ4v) is 2.98. The Labute approximate surface area is 112 Å². The third-order valence-corrected chi connectivity index (χ3v) is 4.26. The summed E-state index contributed by atoms with van der Waals surface area (Å²) in [5.41, 5.74) is 5.48. The summed E-state index contributed by atoms with van der Waals surface area (Å²) in [6.45, 7) is 10.3. The van der Waals surface area contributed by atoms with Crippen LogP contribution in [0, 0.1) is 11.8 Å². The first-order valence-electron chi connectivity index (χ1n) is 7.46. The highest BCUT2D eigenvalue weighted by Gasteiger charge is 2.33. The lowest BCUT2D eigenvalue weighted by Gasteiger charge is -2.31. The molecule has 1 aliphatic heterocycles. The molecule has 2 atom stereocenters. The van der Waals surface area contributed by atoms with Gasteiger partial charge in [0.15, 0.2) is 0 Å². The van der Waals surface area contributed by atoms with E-state index in [1.807, 2.05) is 11.8 Å². The lowest BCUT2D eigenvalue weighted by atomic mass is 9.89. The number of hydrogen-bond donors (Lipinski definition) is 1. The van der Waals surface area contributed by atoms with Crippen LogP contribution < -0.4 is 5.73 Å². The molecule has 1 amide bonds. The first-order chi connectivity index (χ1) is 8.38. The SMILES string of the molecule is CCCC(C)(N)C(=O)N1CCCC(C(C)C)CC1. The summed E-state index contributed by atoms with van der Waals surface area (Å²) in [5, 5.41) is 0. The number of rotatable bonds is 4. The van der Waals surface area contributed by atoms with Gasteiger partial charge in [-0.15, -0.1) is 0 Å². The van der Waals surface area contributed by atoms with Crippen LogP contribution in [0.5, 0.6) is 0 Å². The van der Waals surface area contributed by atoms with Crippen LogP contribution in [0.25, 0.3) is 0 Å². The molecule has 1 heterocycles. The number of nitrogens with zero attached hydrogens (tertiary/aromatic N) is 1. The van der Waals surface area contributed by atoms with Crippen molar-refractivity contribution in [2.45, 2.75) is 65.3 Å². The summed E-state index contributed by atoms with van der Waals surface area (Å²) in [6, 6.07) is 0. The van der Waals surface area contributed by atoms with Crippen molar-refractivity contribution in [2.75, 3.05) is 13.1 Å². The van der Waals surface area contributed by atoms with Crippen LogP contribution in [0.1, 0.15) is 59.8 Å². The van der Waals surface area contributed by atoms with Crippen LogP contribution >= 0.6 is 0 Å². The second-order valence-electron chi connectivity index (χ2n) is 6.39. The van der Waals surface area contributed by atoms with E-state index in [0.717, 1.165) is 50.6 Å². The van der Waals surface area contributed by atoms with Crippen LogP contribution in [0.4, 0.5) is 0 Å². The average Bonchev–Trinajstić information content (AvgIpc) is 2.53. The molecule has 1 fully saturated rings. The van der Waals surface area contributed by atoms with Crippen LogP contribution in [0.2, 0.25) is 0 Å². The van der Waals surface area contributed by atoms with Gasteiger partial charge < -0.3 is 10.6 Å². The molecule has 0 aromatic rings. The van der Waals surface area contributed by atoms with Crippen LogP contribution in [-0.2, 0) is 4.79 Å². The number of carbonyl (C=O) groups excluding carboxylic acids is 1. The molecule has 0 aromatic heterocycles. The summed E-state index contributed by atoms with van der Waals surface area (Å²) in [4.78, 5) is 14.4. The third kappa shape index (κ3) is 3.98. The Kier molecular flexibility index (Phi) is 5.64. The Hall–Kier alpha value is -0.570. The smallest absolute Gasteiger partial charge is 0.242 e. The Morgan fingerprint density at radius 3 is 2.61 bits per heavy atom. The fourth-order valence-electron chi connectivity index (χ4n) is 2.98. The zero-order valence-corrected chi connectivity index (χ0v) is 12.5. The second-order valence-corrected chi connectivity index (χ2v) is 6.39. The van der Waals surface area contributed by atoms with Gasteiger partial charge in [-0.3, -0.25) is 4.79 Å². The van der Waals surface area contributed by atoms with Gasteiger partial charge in [0.05, 0.1) is 5.54 Å². The fraction of sp³-hybridized carbons (Fsp3) is 0.933. The number of nitrogens with two attached hydrogens (primary N) is 1. The Balaban J connectivity index is 2.60. The molecule has 1 rings (SSSR count). The van der Waals surface area contributed by atoms with Gasteiger partial charge in [-0.1, -0.05) is 27.2 Å². The van der Waals surface area contributed by atoms with Gasteiger partial charge >= 0.3 is 0 Å². The standard InChI is InChI=1S/C15H30N2O/c1-5-9-15(4,16)14(18)17-10-6-7-13(8-11-17)12(2)3/h12-13H,5-11,16H2,1-4H3. The van der Waals surface area contributed by atoms with Crippen molar-refractivity contribution < 1.29 is 4.79 Å². The zero-order valence-electron chi connectivity index (χ0n) is 12.5. The van der Waals surface area contributed by atoms with Crippen molar-refractivity contribution in [1.29, 1.82) is 0 Å². The van der Waals surface area contributed by atoms with E-state index in [2.05, 4.69) is 20.8 Å². The molecule has 3 nitrogen and oxygen atoms in total. The number of likely N-dealkylation sites (tertiary alicyclic amines) is 1. The molecule has 18 heavy (non-hydrogen) atoms. The largest absolute Gasteiger partial charge is 0.341 e. The van der Waals surface area contributed by atoms with E-state index in [0.29, 0.717) is 0 Å². The zero-order chi connectivity index (χ0) is 13.8. The molecular weight excluding hydrogens is 224 g/mol. The number of carbonyl (C=O) groups is 1. The maximum atomic E-state index is 12.4. The lowest BCUT2D eigenvalue weighted by molar-refractivity contribution is -0.136. The van der Waals surface area contributed by atoms with Crippen molar-refractivity contribution in [3.05, 3.63) is 0 Å². The molecule has 1 saturated heterocycles.